The third-order valence-electron chi connectivity index (χ3n) is 2.12. The van der Waals surface area contributed by atoms with E-state index < -0.39 is 12.8 Å². The lowest BCUT2D eigenvalue weighted by atomic mass is 10.2. The van der Waals surface area contributed by atoms with Crippen molar-refractivity contribution in [3.63, 3.8) is 0 Å². The molecule has 0 bridgehead atoms. The summed E-state index contributed by atoms with van der Waals surface area (Å²) in [6.07, 6.45) is -1.13. The minimum Gasteiger partial charge on any atom is -0.484 e. The Bertz CT molecular complexity index is 496. The SMILES string of the molecule is FC(F)(F)COc1cccc(Cn2ccnn2)c1. The largest absolute Gasteiger partial charge is 0.484 e. The van der Waals surface area contributed by atoms with E-state index in [1.807, 2.05) is 0 Å². The number of hydrogen-bond donors (Lipinski definition) is 0. The first-order valence-corrected chi connectivity index (χ1v) is 5.15. The molecule has 1 aromatic heterocycles. The zero-order valence-corrected chi connectivity index (χ0v) is 9.26. The van der Waals surface area contributed by atoms with Crippen LogP contribution in [0.2, 0.25) is 0 Å². The minimum absolute atomic E-state index is 0.185. The number of alkyl halides is 3. The molecule has 7 heteroatoms. The van der Waals surface area contributed by atoms with Crippen LogP contribution in [0.4, 0.5) is 13.2 Å². The van der Waals surface area contributed by atoms with Crippen LogP contribution in [0.25, 0.3) is 0 Å². The van der Waals surface area contributed by atoms with E-state index in [0.29, 0.717) is 6.54 Å². The van der Waals surface area contributed by atoms with Crippen molar-refractivity contribution in [1.29, 1.82) is 0 Å². The van der Waals surface area contributed by atoms with Crippen molar-refractivity contribution in [3.05, 3.63) is 42.2 Å². The molecule has 96 valence electrons. The summed E-state index contributed by atoms with van der Waals surface area (Å²) >= 11 is 0. The summed E-state index contributed by atoms with van der Waals surface area (Å²) in [6, 6.07) is 6.45. The molecular formula is C11H10F3N3O. The Morgan fingerprint density at radius 3 is 2.78 bits per heavy atom. The van der Waals surface area contributed by atoms with Crippen LogP contribution in [0, 0.1) is 0 Å². The summed E-state index contributed by atoms with van der Waals surface area (Å²) in [4.78, 5) is 0. The molecule has 0 atom stereocenters. The van der Waals surface area contributed by atoms with Crippen LogP contribution in [0.5, 0.6) is 5.75 Å². The fraction of sp³-hybridized carbons (Fsp3) is 0.273. The topological polar surface area (TPSA) is 39.9 Å². The monoisotopic (exact) mass is 257 g/mol. The molecule has 0 aliphatic heterocycles. The Labute approximate surface area is 101 Å². The molecule has 2 rings (SSSR count). The molecule has 0 unspecified atom stereocenters. The quantitative estimate of drug-likeness (QED) is 0.843. The predicted octanol–water partition coefficient (Wildman–Crippen LogP) is 2.27. The molecule has 0 spiro atoms. The van der Waals surface area contributed by atoms with Crippen molar-refractivity contribution in [1.82, 2.24) is 15.0 Å². The van der Waals surface area contributed by atoms with Crippen molar-refractivity contribution < 1.29 is 17.9 Å². The lowest BCUT2D eigenvalue weighted by molar-refractivity contribution is -0.153. The van der Waals surface area contributed by atoms with E-state index in [4.69, 9.17) is 0 Å². The summed E-state index contributed by atoms with van der Waals surface area (Å²) in [6.45, 7) is -0.858. The third-order valence-corrected chi connectivity index (χ3v) is 2.12. The highest BCUT2D eigenvalue weighted by molar-refractivity contribution is 5.28. The molecule has 4 nitrogen and oxygen atoms in total. The highest BCUT2D eigenvalue weighted by atomic mass is 19.4. The van der Waals surface area contributed by atoms with Crippen LogP contribution in [0.1, 0.15) is 5.56 Å². The second-order valence-electron chi connectivity index (χ2n) is 3.65. The first-order chi connectivity index (χ1) is 8.53. The van der Waals surface area contributed by atoms with Crippen LogP contribution in [0.3, 0.4) is 0 Å². The third kappa shape index (κ3) is 3.76. The Morgan fingerprint density at radius 1 is 1.28 bits per heavy atom. The van der Waals surface area contributed by atoms with Crippen molar-refractivity contribution in [3.8, 4) is 5.75 Å². The molecule has 18 heavy (non-hydrogen) atoms. The molecule has 0 N–H and O–H groups in total. The Morgan fingerprint density at radius 2 is 2.11 bits per heavy atom. The number of benzene rings is 1. The van der Waals surface area contributed by atoms with Gasteiger partial charge in [0.15, 0.2) is 6.61 Å². The molecule has 1 aromatic carbocycles. The van der Waals surface area contributed by atoms with Gasteiger partial charge in [0.2, 0.25) is 0 Å². The molecule has 0 amide bonds. The number of aromatic nitrogens is 3. The number of nitrogens with zero attached hydrogens (tertiary/aromatic N) is 3. The van der Waals surface area contributed by atoms with Crippen molar-refractivity contribution in [2.24, 2.45) is 0 Å². The van der Waals surface area contributed by atoms with E-state index in [1.165, 1.54) is 12.3 Å². The van der Waals surface area contributed by atoms with E-state index in [2.05, 4.69) is 15.0 Å². The smallest absolute Gasteiger partial charge is 0.422 e. The van der Waals surface area contributed by atoms with Crippen molar-refractivity contribution in [2.75, 3.05) is 6.61 Å². The van der Waals surface area contributed by atoms with Gasteiger partial charge in [-0.1, -0.05) is 17.3 Å². The summed E-state index contributed by atoms with van der Waals surface area (Å²) in [5.74, 6) is 0.185. The molecule has 0 fully saturated rings. The maximum absolute atomic E-state index is 12.0. The maximum atomic E-state index is 12.0. The predicted molar refractivity (Wildman–Crippen MR) is 57.1 cm³/mol. The van der Waals surface area contributed by atoms with Crippen LogP contribution in [0.15, 0.2) is 36.7 Å². The first kappa shape index (κ1) is 12.4. The number of hydrogen-bond acceptors (Lipinski definition) is 3. The number of rotatable bonds is 4. The van der Waals surface area contributed by atoms with Gasteiger partial charge in [0, 0.05) is 6.20 Å². The fourth-order valence-corrected chi connectivity index (χ4v) is 1.40. The Balaban J connectivity index is 2.01. The van der Waals surface area contributed by atoms with Gasteiger partial charge in [-0.25, -0.2) is 4.68 Å². The fourth-order valence-electron chi connectivity index (χ4n) is 1.40. The second-order valence-corrected chi connectivity index (χ2v) is 3.65. The van der Waals surface area contributed by atoms with Crippen LogP contribution in [-0.2, 0) is 6.54 Å². The van der Waals surface area contributed by atoms with E-state index in [1.54, 1.807) is 29.1 Å². The van der Waals surface area contributed by atoms with Gasteiger partial charge in [-0.15, -0.1) is 5.10 Å². The average Bonchev–Trinajstić information content (AvgIpc) is 2.79. The zero-order valence-electron chi connectivity index (χ0n) is 9.26. The summed E-state index contributed by atoms with van der Waals surface area (Å²) in [7, 11) is 0. The van der Waals surface area contributed by atoms with Gasteiger partial charge in [-0.2, -0.15) is 13.2 Å². The van der Waals surface area contributed by atoms with Gasteiger partial charge in [0.05, 0.1) is 12.7 Å². The lowest BCUT2D eigenvalue weighted by Gasteiger charge is -2.10. The number of ether oxygens (including phenoxy) is 1. The van der Waals surface area contributed by atoms with E-state index in [0.717, 1.165) is 5.56 Å². The van der Waals surface area contributed by atoms with E-state index in [-0.39, 0.29) is 5.75 Å². The highest BCUT2D eigenvalue weighted by Crippen LogP contribution is 2.19. The van der Waals surface area contributed by atoms with Crippen LogP contribution in [-0.4, -0.2) is 27.8 Å². The van der Waals surface area contributed by atoms with Crippen molar-refractivity contribution >= 4 is 0 Å². The molecule has 0 radical (unpaired) electrons. The molecule has 2 aromatic rings. The molecule has 0 saturated carbocycles. The standard InChI is InChI=1S/C11H10F3N3O/c12-11(13,14)8-18-10-3-1-2-9(6-10)7-17-5-4-15-16-17/h1-6H,7-8H2. The lowest BCUT2D eigenvalue weighted by Crippen LogP contribution is -2.19. The van der Waals surface area contributed by atoms with Crippen LogP contribution < -0.4 is 4.74 Å². The average molecular weight is 257 g/mol. The molecule has 0 aliphatic carbocycles. The van der Waals surface area contributed by atoms with Gasteiger partial charge in [-0.3, -0.25) is 0 Å². The zero-order chi connectivity index (χ0) is 13.0. The molecule has 0 saturated heterocycles. The number of halogens is 3. The van der Waals surface area contributed by atoms with Crippen molar-refractivity contribution in [2.45, 2.75) is 12.7 Å². The molecule has 0 aliphatic rings. The molecule has 1 heterocycles. The van der Waals surface area contributed by atoms with Gasteiger partial charge in [-0.05, 0) is 17.7 Å². The maximum Gasteiger partial charge on any atom is 0.422 e. The summed E-state index contributed by atoms with van der Waals surface area (Å²) < 4.78 is 42.2. The van der Waals surface area contributed by atoms with Gasteiger partial charge < -0.3 is 4.74 Å². The highest BCUT2D eigenvalue weighted by Gasteiger charge is 2.28. The van der Waals surface area contributed by atoms with Gasteiger partial charge in [0.25, 0.3) is 0 Å². The van der Waals surface area contributed by atoms with E-state index in [9.17, 15) is 13.2 Å². The minimum atomic E-state index is -4.33. The van der Waals surface area contributed by atoms with E-state index >= 15 is 0 Å². The van der Waals surface area contributed by atoms with Gasteiger partial charge in [0.1, 0.15) is 5.75 Å². The summed E-state index contributed by atoms with van der Waals surface area (Å²) in [5.41, 5.74) is 0.792. The first-order valence-electron chi connectivity index (χ1n) is 5.15. The second kappa shape index (κ2) is 5.07. The summed E-state index contributed by atoms with van der Waals surface area (Å²) in [5, 5.41) is 7.41. The van der Waals surface area contributed by atoms with Gasteiger partial charge >= 0.3 is 6.18 Å². The normalized spacial score (nSPS) is 11.5. The van der Waals surface area contributed by atoms with Crippen LogP contribution >= 0.6 is 0 Å². The Hall–Kier alpha value is -2.05. The Kier molecular flexibility index (Phi) is 3.50. The molecular weight excluding hydrogens is 247 g/mol.